The Morgan fingerprint density at radius 3 is 2.69 bits per heavy atom. The summed E-state index contributed by atoms with van der Waals surface area (Å²) in [7, 11) is 1.84. The molecule has 0 aromatic carbocycles. The number of guanidine groups is 1. The molecule has 0 bridgehead atoms. The molecule has 1 aromatic rings. The summed E-state index contributed by atoms with van der Waals surface area (Å²) < 4.78 is 0. The van der Waals surface area contributed by atoms with E-state index in [0.717, 1.165) is 50.4 Å². The molecule has 2 aliphatic rings. The van der Waals surface area contributed by atoms with Crippen molar-refractivity contribution in [2.75, 3.05) is 44.7 Å². The van der Waals surface area contributed by atoms with Gasteiger partial charge in [-0.1, -0.05) is 6.42 Å². The Morgan fingerprint density at radius 1 is 1.14 bits per heavy atom. The van der Waals surface area contributed by atoms with Gasteiger partial charge in [0.15, 0.2) is 5.96 Å². The average molecular weight is 515 g/mol. The molecule has 1 aromatic heterocycles. The van der Waals surface area contributed by atoms with Crippen LogP contribution in [0.1, 0.15) is 57.4 Å². The Morgan fingerprint density at radius 2 is 1.93 bits per heavy atom. The minimum absolute atomic E-state index is 0. The largest absolute Gasteiger partial charge is 0.357 e. The zero-order valence-corrected chi connectivity index (χ0v) is 20.5. The Labute approximate surface area is 194 Å². The maximum absolute atomic E-state index is 4.57. The van der Waals surface area contributed by atoms with Gasteiger partial charge in [-0.3, -0.25) is 4.99 Å². The Kier molecular flexibility index (Phi) is 11.1. The Hall–Kier alpha value is -1.09. The second-order valence-electron chi connectivity index (χ2n) is 8.16. The number of nitrogens with one attached hydrogen (secondary N) is 2. The summed E-state index contributed by atoms with van der Waals surface area (Å²) >= 11 is 0. The number of piperidine rings is 2. The molecule has 2 aliphatic heterocycles. The van der Waals surface area contributed by atoms with E-state index in [1.54, 1.807) is 0 Å². The highest BCUT2D eigenvalue weighted by molar-refractivity contribution is 14.0. The molecule has 2 fully saturated rings. The van der Waals surface area contributed by atoms with Crippen LogP contribution in [0.5, 0.6) is 0 Å². The van der Waals surface area contributed by atoms with E-state index in [0.29, 0.717) is 0 Å². The van der Waals surface area contributed by atoms with Crippen molar-refractivity contribution in [1.82, 2.24) is 20.5 Å². The zero-order chi connectivity index (χ0) is 19.6. The van der Waals surface area contributed by atoms with Crippen molar-refractivity contribution in [3.8, 4) is 0 Å². The van der Waals surface area contributed by atoms with Crippen molar-refractivity contribution in [3.05, 3.63) is 23.9 Å². The molecule has 7 heteroatoms. The first kappa shape index (κ1) is 24.2. The zero-order valence-electron chi connectivity index (χ0n) is 18.2. The number of pyridine rings is 1. The highest BCUT2D eigenvalue weighted by Crippen LogP contribution is 2.18. The number of anilines is 1. The van der Waals surface area contributed by atoms with Crippen LogP contribution in [0.4, 0.5) is 5.82 Å². The lowest BCUT2D eigenvalue weighted by Crippen LogP contribution is -2.41. The molecule has 29 heavy (non-hydrogen) atoms. The molecule has 164 valence electrons. The average Bonchev–Trinajstić information content (AvgIpc) is 2.75. The van der Waals surface area contributed by atoms with Gasteiger partial charge in [-0.2, -0.15) is 0 Å². The third-order valence-corrected chi connectivity index (χ3v) is 6.03. The highest BCUT2D eigenvalue weighted by Gasteiger charge is 2.17. The summed E-state index contributed by atoms with van der Waals surface area (Å²) in [5.74, 6) is 1.99. The van der Waals surface area contributed by atoms with Crippen LogP contribution in [0.3, 0.4) is 0 Å². The van der Waals surface area contributed by atoms with Gasteiger partial charge in [0.05, 0.1) is 0 Å². The molecule has 1 atom stereocenters. The number of aliphatic imine (C=N–C) groups is 1. The van der Waals surface area contributed by atoms with E-state index in [2.05, 4.69) is 49.5 Å². The second-order valence-corrected chi connectivity index (χ2v) is 8.16. The van der Waals surface area contributed by atoms with Crippen molar-refractivity contribution in [2.45, 2.75) is 64.5 Å². The first-order chi connectivity index (χ1) is 13.8. The van der Waals surface area contributed by atoms with E-state index in [1.165, 1.54) is 57.2 Å². The van der Waals surface area contributed by atoms with Crippen molar-refractivity contribution in [3.63, 3.8) is 0 Å². The molecule has 0 aliphatic carbocycles. The van der Waals surface area contributed by atoms with Crippen molar-refractivity contribution >= 4 is 35.8 Å². The number of hydrogen-bond acceptors (Lipinski definition) is 4. The SMILES string of the molecule is CN=C(NCCCN1CCCCC1C)NCc1ccnc(N2CCCCC2)c1.I. The molecule has 0 saturated carbocycles. The molecule has 6 nitrogen and oxygen atoms in total. The maximum atomic E-state index is 4.57. The number of nitrogens with zero attached hydrogens (tertiary/aromatic N) is 4. The highest BCUT2D eigenvalue weighted by atomic mass is 127. The molecular formula is C22H39IN6. The van der Waals surface area contributed by atoms with Crippen LogP contribution >= 0.6 is 24.0 Å². The molecule has 0 amide bonds. The van der Waals surface area contributed by atoms with E-state index >= 15 is 0 Å². The van der Waals surface area contributed by atoms with Gasteiger partial charge in [0.1, 0.15) is 5.82 Å². The summed E-state index contributed by atoms with van der Waals surface area (Å²) in [5, 5.41) is 6.90. The third kappa shape index (κ3) is 7.92. The topological polar surface area (TPSA) is 55.8 Å². The van der Waals surface area contributed by atoms with Gasteiger partial charge in [-0.05, 0) is 69.7 Å². The van der Waals surface area contributed by atoms with E-state index < -0.39 is 0 Å². The van der Waals surface area contributed by atoms with E-state index in [4.69, 9.17) is 0 Å². The van der Waals surface area contributed by atoms with Gasteiger partial charge in [0.25, 0.3) is 0 Å². The predicted octanol–water partition coefficient (Wildman–Crippen LogP) is 3.62. The minimum atomic E-state index is 0. The number of halogens is 1. The lowest BCUT2D eigenvalue weighted by atomic mass is 10.0. The molecular weight excluding hydrogens is 475 g/mol. The molecule has 0 spiro atoms. The molecule has 2 N–H and O–H groups in total. The summed E-state index contributed by atoms with van der Waals surface area (Å²) in [6.07, 6.45) is 11.1. The van der Waals surface area contributed by atoms with E-state index in [1.807, 2.05) is 13.2 Å². The normalized spacial score (nSPS) is 20.8. The lowest BCUT2D eigenvalue weighted by Gasteiger charge is -2.33. The number of hydrogen-bond donors (Lipinski definition) is 2. The van der Waals surface area contributed by atoms with Gasteiger partial charge >= 0.3 is 0 Å². The van der Waals surface area contributed by atoms with Crippen LogP contribution in [0.15, 0.2) is 23.3 Å². The quantitative estimate of drug-likeness (QED) is 0.252. The smallest absolute Gasteiger partial charge is 0.191 e. The number of aromatic nitrogens is 1. The van der Waals surface area contributed by atoms with Crippen molar-refractivity contribution in [2.24, 2.45) is 4.99 Å². The number of likely N-dealkylation sites (tertiary alicyclic amines) is 1. The summed E-state index contributed by atoms with van der Waals surface area (Å²) in [6.45, 7) is 8.78. The Balaban J connectivity index is 0.00000300. The molecule has 3 rings (SSSR count). The first-order valence-corrected chi connectivity index (χ1v) is 11.1. The van der Waals surface area contributed by atoms with E-state index in [9.17, 15) is 0 Å². The lowest BCUT2D eigenvalue weighted by molar-refractivity contribution is 0.159. The fourth-order valence-electron chi connectivity index (χ4n) is 4.25. The van der Waals surface area contributed by atoms with Crippen LogP contribution in [0.2, 0.25) is 0 Å². The summed E-state index contributed by atoms with van der Waals surface area (Å²) in [5.41, 5.74) is 1.25. The fraction of sp³-hybridized carbons (Fsp3) is 0.727. The van der Waals surface area contributed by atoms with Crippen LogP contribution in [-0.4, -0.2) is 61.7 Å². The van der Waals surface area contributed by atoms with Crippen LogP contribution < -0.4 is 15.5 Å². The van der Waals surface area contributed by atoms with Gasteiger partial charge in [0.2, 0.25) is 0 Å². The third-order valence-electron chi connectivity index (χ3n) is 6.03. The fourth-order valence-corrected chi connectivity index (χ4v) is 4.25. The summed E-state index contributed by atoms with van der Waals surface area (Å²) in [6, 6.07) is 5.04. The Bertz CT molecular complexity index is 617. The van der Waals surface area contributed by atoms with Gasteiger partial charge in [-0.15, -0.1) is 24.0 Å². The summed E-state index contributed by atoms with van der Waals surface area (Å²) in [4.78, 5) is 14.0. The molecule has 2 saturated heterocycles. The minimum Gasteiger partial charge on any atom is -0.357 e. The monoisotopic (exact) mass is 514 g/mol. The van der Waals surface area contributed by atoms with Crippen molar-refractivity contribution in [1.29, 1.82) is 0 Å². The molecule has 0 radical (unpaired) electrons. The predicted molar refractivity (Wildman–Crippen MR) is 133 cm³/mol. The van der Waals surface area contributed by atoms with Gasteiger partial charge in [-0.25, -0.2) is 4.98 Å². The first-order valence-electron chi connectivity index (χ1n) is 11.1. The van der Waals surface area contributed by atoms with E-state index in [-0.39, 0.29) is 24.0 Å². The molecule has 1 unspecified atom stereocenters. The second kappa shape index (κ2) is 13.3. The van der Waals surface area contributed by atoms with Gasteiger partial charge in [0, 0.05) is 52.0 Å². The maximum Gasteiger partial charge on any atom is 0.191 e. The van der Waals surface area contributed by atoms with Crippen LogP contribution in [-0.2, 0) is 6.54 Å². The number of rotatable bonds is 7. The molecule has 3 heterocycles. The standard InChI is InChI=1S/C22H38N6.HI/c1-19-9-4-7-13-27(19)16-8-11-25-22(23-2)26-18-20-10-12-24-21(17-20)28-14-5-3-6-15-28;/h10,12,17,19H,3-9,11,13-16,18H2,1-2H3,(H2,23,25,26);1H. The van der Waals surface area contributed by atoms with Crippen LogP contribution in [0, 0.1) is 0 Å². The van der Waals surface area contributed by atoms with Crippen molar-refractivity contribution < 1.29 is 0 Å². The van der Waals surface area contributed by atoms with Crippen LogP contribution in [0.25, 0.3) is 0 Å². The van der Waals surface area contributed by atoms with Gasteiger partial charge < -0.3 is 20.4 Å².